The van der Waals surface area contributed by atoms with Gasteiger partial charge in [0.2, 0.25) is 5.89 Å². The number of nitrogens with zero attached hydrogens (tertiary/aromatic N) is 1. The lowest BCUT2D eigenvalue weighted by Gasteiger charge is -1.87. The number of oxazole rings is 1. The van der Waals surface area contributed by atoms with Crippen LogP contribution < -0.4 is 5.73 Å². The second kappa shape index (κ2) is 3.44. The summed E-state index contributed by atoms with van der Waals surface area (Å²) in [7, 11) is 0. The molecule has 0 unspecified atom stereocenters. The molecule has 0 radical (unpaired) electrons. The van der Waals surface area contributed by atoms with Gasteiger partial charge in [0, 0.05) is 9.40 Å². The fourth-order valence-corrected chi connectivity index (χ4v) is 3.46. The first-order valence-corrected chi connectivity index (χ1v) is 6.18. The Morgan fingerprint density at radius 2 is 2.33 bits per heavy atom. The first-order chi connectivity index (χ1) is 7.36. The van der Waals surface area contributed by atoms with Crippen molar-refractivity contribution >= 4 is 32.1 Å². The van der Waals surface area contributed by atoms with E-state index in [-0.39, 0.29) is 0 Å². The highest BCUT2D eigenvalue weighted by Crippen LogP contribution is 2.36. The van der Waals surface area contributed by atoms with E-state index >= 15 is 0 Å². The average Bonchev–Trinajstić information content (AvgIpc) is 2.91. The Hall–Kier alpha value is -1.17. The van der Waals surface area contributed by atoms with Crippen molar-refractivity contribution in [3.05, 3.63) is 29.6 Å². The molecule has 0 aliphatic carbocycles. The summed E-state index contributed by atoms with van der Waals surface area (Å²) in [6.07, 6.45) is 1.73. The zero-order valence-electron chi connectivity index (χ0n) is 7.77. The molecule has 0 bridgehead atoms. The molecular formula is C10H8N2OS2. The van der Waals surface area contributed by atoms with Gasteiger partial charge in [0.1, 0.15) is 0 Å². The van der Waals surface area contributed by atoms with E-state index in [1.54, 1.807) is 28.9 Å². The zero-order chi connectivity index (χ0) is 10.3. The molecule has 3 aromatic heterocycles. The molecule has 3 rings (SSSR count). The molecule has 0 aromatic carbocycles. The van der Waals surface area contributed by atoms with Gasteiger partial charge in [-0.25, -0.2) is 4.98 Å². The monoisotopic (exact) mass is 236 g/mol. The number of hydrogen-bond acceptors (Lipinski definition) is 5. The first-order valence-electron chi connectivity index (χ1n) is 4.49. The number of aromatic nitrogens is 1. The van der Waals surface area contributed by atoms with E-state index in [0.29, 0.717) is 12.4 Å². The van der Waals surface area contributed by atoms with Gasteiger partial charge in [-0.1, -0.05) is 0 Å². The van der Waals surface area contributed by atoms with E-state index in [1.807, 2.05) is 0 Å². The first kappa shape index (κ1) is 9.08. The molecular weight excluding hydrogens is 228 g/mol. The van der Waals surface area contributed by atoms with Crippen LogP contribution in [-0.2, 0) is 6.54 Å². The summed E-state index contributed by atoms with van der Waals surface area (Å²) in [5.74, 6) is 1.39. The Morgan fingerprint density at radius 1 is 1.40 bits per heavy atom. The van der Waals surface area contributed by atoms with E-state index in [1.165, 1.54) is 9.40 Å². The lowest BCUT2D eigenvalue weighted by molar-refractivity contribution is 0.510. The second-order valence-electron chi connectivity index (χ2n) is 3.08. The van der Waals surface area contributed by atoms with Crippen LogP contribution in [0.25, 0.3) is 20.0 Å². The Kier molecular flexibility index (Phi) is 2.09. The second-order valence-corrected chi connectivity index (χ2v) is 5.11. The summed E-state index contributed by atoms with van der Waals surface area (Å²) in [5.41, 5.74) is 5.45. The number of nitrogens with two attached hydrogens (primary N) is 1. The summed E-state index contributed by atoms with van der Waals surface area (Å²) in [4.78, 5) is 5.20. The van der Waals surface area contributed by atoms with Crippen LogP contribution in [0.5, 0.6) is 0 Å². The highest BCUT2D eigenvalue weighted by Gasteiger charge is 2.09. The van der Waals surface area contributed by atoms with Gasteiger partial charge in [-0.2, -0.15) is 0 Å². The van der Waals surface area contributed by atoms with Crippen LogP contribution in [0.1, 0.15) is 5.89 Å². The molecule has 0 amide bonds. The number of thiophene rings is 2. The van der Waals surface area contributed by atoms with Crippen molar-refractivity contribution in [2.24, 2.45) is 5.73 Å². The quantitative estimate of drug-likeness (QED) is 0.744. The molecule has 0 aliphatic heterocycles. The predicted octanol–water partition coefficient (Wildman–Crippen LogP) is 3.08. The molecule has 3 heterocycles. The van der Waals surface area contributed by atoms with Gasteiger partial charge < -0.3 is 10.2 Å². The van der Waals surface area contributed by atoms with Crippen LogP contribution in [0.4, 0.5) is 0 Å². The van der Waals surface area contributed by atoms with Crippen molar-refractivity contribution in [1.29, 1.82) is 0 Å². The largest absolute Gasteiger partial charge is 0.438 e. The lowest BCUT2D eigenvalue weighted by atomic mass is 10.4. The average molecular weight is 236 g/mol. The highest BCUT2D eigenvalue weighted by atomic mass is 32.1. The molecule has 0 atom stereocenters. The van der Waals surface area contributed by atoms with Crippen LogP contribution in [0.15, 0.2) is 28.1 Å². The third kappa shape index (κ3) is 1.49. The van der Waals surface area contributed by atoms with Crippen molar-refractivity contribution < 1.29 is 4.42 Å². The number of fused-ring (bicyclic) bond motifs is 1. The molecule has 0 aliphatic rings. The van der Waals surface area contributed by atoms with Gasteiger partial charge in [-0.3, -0.25) is 0 Å². The number of hydrogen-bond donors (Lipinski definition) is 1. The van der Waals surface area contributed by atoms with Crippen LogP contribution >= 0.6 is 22.7 Å². The molecule has 3 aromatic rings. The van der Waals surface area contributed by atoms with Crippen molar-refractivity contribution in [3.63, 3.8) is 0 Å². The van der Waals surface area contributed by atoms with Crippen LogP contribution in [0.3, 0.4) is 0 Å². The minimum atomic E-state index is 0.347. The van der Waals surface area contributed by atoms with Gasteiger partial charge in [0.25, 0.3) is 0 Å². The maximum atomic E-state index is 5.50. The van der Waals surface area contributed by atoms with E-state index < -0.39 is 0 Å². The van der Waals surface area contributed by atoms with Crippen LogP contribution in [0, 0.1) is 0 Å². The smallest absolute Gasteiger partial charge is 0.208 e. The fraction of sp³-hybridized carbons (Fsp3) is 0.100. The Bertz CT molecular complexity index is 565. The third-order valence-electron chi connectivity index (χ3n) is 2.11. The van der Waals surface area contributed by atoms with Crippen LogP contribution in [0.2, 0.25) is 0 Å². The Balaban J connectivity index is 2.09. The van der Waals surface area contributed by atoms with Gasteiger partial charge in [0.05, 0.1) is 17.6 Å². The maximum Gasteiger partial charge on any atom is 0.208 e. The Morgan fingerprint density at radius 3 is 3.07 bits per heavy atom. The zero-order valence-corrected chi connectivity index (χ0v) is 9.40. The molecule has 0 saturated heterocycles. The summed E-state index contributed by atoms with van der Waals surface area (Å²) in [5, 5.41) is 2.09. The van der Waals surface area contributed by atoms with Crippen molar-refractivity contribution in [2.75, 3.05) is 0 Å². The Labute approximate surface area is 94.2 Å². The summed E-state index contributed by atoms with van der Waals surface area (Å²) in [6.45, 7) is 0.347. The SMILES string of the molecule is NCc1ncc(-c2cc3sccc3s2)o1. The summed E-state index contributed by atoms with van der Waals surface area (Å²) >= 11 is 3.46. The van der Waals surface area contributed by atoms with Crippen molar-refractivity contribution in [2.45, 2.75) is 6.54 Å². The van der Waals surface area contributed by atoms with Gasteiger partial charge in [-0.15, -0.1) is 22.7 Å². The molecule has 2 N–H and O–H groups in total. The van der Waals surface area contributed by atoms with E-state index in [4.69, 9.17) is 10.2 Å². The van der Waals surface area contributed by atoms with E-state index in [2.05, 4.69) is 22.5 Å². The van der Waals surface area contributed by atoms with Crippen molar-refractivity contribution in [3.8, 4) is 10.6 Å². The van der Waals surface area contributed by atoms with Crippen LogP contribution in [-0.4, -0.2) is 4.98 Å². The predicted molar refractivity (Wildman–Crippen MR) is 63.1 cm³/mol. The maximum absolute atomic E-state index is 5.50. The fourth-order valence-electron chi connectivity index (χ4n) is 1.41. The molecule has 5 heteroatoms. The molecule has 0 spiro atoms. The molecule has 0 saturated carbocycles. The summed E-state index contributed by atoms with van der Waals surface area (Å²) in [6, 6.07) is 4.25. The topological polar surface area (TPSA) is 52.0 Å². The van der Waals surface area contributed by atoms with E-state index in [0.717, 1.165) is 10.6 Å². The standard InChI is InChI=1S/C10H8N2OS2/c11-4-10-12-5-6(13-10)8-3-9-7(15-8)1-2-14-9/h1-3,5H,4,11H2. The lowest BCUT2D eigenvalue weighted by Crippen LogP contribution is -1.94. The summed E-state index contributed by atoms with van der Waals surface area (Å²) < 4.78 is 8.08. The van der Waals surface area contributed by atoms with Gasteiger partial charge in [0.15, 0.2) is 5.76 Å². The number of rotatable bonds is 2. The molecule has 15 heavy (non-hydrogen) atoms. The van der Waals surface area contributed by atoms with Gasteiger partial charge >= 0.3 is 0 Å². The van der Waals surface area contributed by atoms with Crippen molar-refractivity contribution in [1.82, 2.24) is 4.98 Å². The molecule has 0 fully saturated rings. The highest BCUT2D eigenvalue weighted by molar-refractivity contribution is 7.28. The third-order valence-corrected chi connectivity index (χ3v) is 4.22. The van der Waals surface area contributed by atoms with Gasteiger partial charge in [-0.05, 0) is 17.5 Å². The minimum Gasteiger partial charge on any atom is -0.438 e. The normalized spacial score (nSPS) is 11.3. The minimum absolute atomic E-state index is 0.347. The molecule has 76 valence electrons. The van der Waals surface area contributed by atoms with E-state index in [9.17, 15) is 0 Å². The molecule has 3 nitrogen and oxygen atoms in total.